The van der Waals surface area contributed by atoms with Crippen molar-refractivity contribution in [3.63, 3.8) is 0 Å². The van der Waals surface area contributed by atoms with Gasteiger partial charge in [0.1, 0.15) is 0 Å². The lowest BCUT2D eigenvalue weighted by Gasteiger charge is -2.25. The summed E-state index contributed by atoms with van der Waals surface area (Å²) in [4.78, 5) is 10.3. The van der Waals surface area contributed by atoms with Crippen LogP contribution in [0.25, 0.3) is 6.08 Å². The number of carboxylic acids is 1. The fourth-order valence-electron chi connectivity index (χ4n) is 1.77. The molecule has 0 bridgehead atoms. The van der Waals surface area contributed by atoms with Crippen molar-refractivity contribution in [3.8, 4) is 5.75 Å². The molecular weight excluding hydrogens is 235 g/mol. The van der Waals surface area contributed by atoms with E-state index in [0.717, 1.165) is 18.9 Å². The van der Waals surface area contributed by atoms with Gasteiger partial charge >= 0.3 is 5.97 Å². The molecule has 1 saturated carbocycles. The van der Waals surface area contributed by atoms with Crippen molar-refractivity contribution >= 4 is 12.0 Å². The SMILES string of the molecule is O=C(O)/C=C/c1ccc(OCC2CCC2)c(F)c1. The molecule has 2 rings (SSSR count). The van der Waals surface area contributed by atoms with Crippen LogP contribution in [-0.4, -0.2) is 17.7 Å². The first-order chi connectivity index (χ1) is 8.65. The Balaban J connectivity index is 1.97. The quantitative estimate of drug-likeness (QED) is 0.817. The van der Waals surface area contributed by atoms with E-state index in [2.05, 4.69) is 0 Å². The van der Waals surface area contributed by atoms with E-state index in [4.69, 9.17) is 9.84 Å². The normalized spacial score (nSPS) is 15.6. The topological polar surface area (TPSA) is 46.5 Å². The van der Waals surface area contributed by atoms with Gasteiger partial charge < -0.3 is 9.84 Å². The van der Waals surface area contributed by atoms with Gasteiger partial charge in [0.2, 0.25) is 0 Å². The van der Waals surface area contributed by atoms with E-state index < -0.39 is 11.8 Å². The summed E-state index contributed by atoms with van der Waals surface area (Å²) in [7, 11) is 0. The second-order valence-electron chi connectivity index (χ2n) is 4.47. The molecule has 0 saturated heterocycles. The van der Waals surface area contributed by atoms with Crippen LogP contribution in [0.3, 0.4) is 0 Å². The highest BCUT2D eigenvalue weighted by Crippen LogP contribution is 2.28. The monoisotopic (exact) mass is 250 g/mol. The Morgan fingerprint density at radius 1 is 1.50 bits per heavy atom. The van der Waals surface area contributed by atoms with Gasteiger partial charge in [0.15, 0.2) is 11.6 Å². The molecule has 3 nitrogen and oxygen atoms in total. The van der Waals surface area contributed by atoms with Crippen molar-refractivity contribution in [2.45, 2.75) is 19.3 Å². The predicted octanol–water partition coefficient (Wildman–Crippen LogP) is 3.10. The highest BCUT2D eigenvalue weighted by molar-refractivity contribution is 5.85. The Morgan fingerprint density at radius 2 is 2.28 bits per heavy atom. The first-order valence-corrected chi connectivity index (χ1v) is 5.98. The van der Waals surface area contributed by atoms with Gasteiger partial charge in [-0.3, -0.25) is 0 Å². The van der Waals surface area contributed by atoms with E-state index in [1.54, 1.807) is 6.07 Å². The maximum absolute atomic E-state index is 13.6. The summed E-state index contributed by atoms with van der Waals surface area (Å²) in [6.45, 7) is 0.557. The summed E-state index contributed by atoms with van der Waals surface area (Å²) in [6.07, 6.45) is 5.86. The van der Waals surface area contributed by atoms with Gasteiger partial charge in [0, 0.05) is 6.08 Å². The first kappa shape index (κ1) is 12.6. The molecule has 18 heavy (non-hydrogen) atoms. The van der Waals surface area contributed by atoms with Crippen LogP contribution in [0, 0.1) is 11.7 Å². The van der Waals surface area contributed by atoms with Gasteiger partial charge in [-0.05, 0) is 42.5 Å². The molecule has 0 heterocycles. The number of halogens is 1. The van der Waals surface area contributed by atoms with Gasteiger partial charge in [-0.15, -0.1) is 0 Å². The standard InChI is InChI=1S/C14H15FO3/c15-12-8-10(5-7-14(16)17)4-6-13(12)18-9-11-2-1-3-11/h4-8,11H,1-3,9H2,(H,16,17)/b7-5+. The zero-order chi connectivity index (χ0) is 13.0. The average Bonchev–Trinajstić information content (AvgIpc) is 2.26. The minimum atomic E-state index is -1.05. The van der Waals surface area contributed by atoms with Crippen molar-refractivity contribution in [2.24, 2.45) is 5.92 Å². The maximum Gasteiger partial charge on any atom is 0.328 e. The van der Waals surface area contributed by atoms with E-state index >= 15 is 0 Å². The van der Waals surface area contributed by atoms with Crippen molar-refractivity contribution in [1.29, 1.82) is 0 Å². The van der Waals surface area contributed by atoms with Crippen LogP contribution in [-0.2, 0) is 4.79 Å². The van der Waals surface area contributed by atoms with Crippen molar-refractivity contribution in [2.75, 3.05) is 6.61 Å². The van der Waals surface area contributed by atoms with Crippen LogP contribution in [0.1, 0.15) is 24.8 Å². The lowest BCUT2D eigenvalue weighted by atomic mass is 9.86. The molecular formula is C14H15FO3. The van der Waals surface area contributed by atoms with Crippen molar-refractivity contribution in [1.82, 2.24) is 0 Å². The van der Waals surface area contributed by atoms with Crippen molar-refractivity contribution in [3.05, 3.63) is 35.7 Å². The molecule has 0 spiro atoms. The first-order valence-electron chi connectivity index (χ1n) is 5.98. The van der Waals surface area contributed by atoms with Crippen LogP contribution >= 0.6 is 0 Å². The number of hydrogen-bond donors (Lipinski definition) is 1. The molecule has 0 atom stereocenters. The molecule has 1 fully saturated rings. The third-order valence-corrected chi connectivity index (χ3v) is 3.07. The molecule has 96 valence electrons. The number of carboxylic acid groups (broad SMARTS) is 1. The lowest BCUT2D eigenvalue weighted by molar-refractivity contribution is -0.131. The fourth-order valence-corrected chi connectivity index (χ4v) is 1.77. The molecule has 1 aromatic carbocycles. The summed E-state index contributed by atoms with van der Waals surface area (Å²) in [5, 5.41) is 8.47. The Hall–Kier alpha value is -1.84. The second kappa shape index (κ2) is 5.67. The van der Waals surface area contributed by atoms with Crippen LogP contribution in [0.5, 0.6) is 5.75 Å². The smallest absolute Gasteiger partial charge is 0.328 e. The van der Waals surface area contributed by atoms with Crippen molar-refractivity contribution < 1.29 is 19.0 Å². The molecule has 4 heteroatoms. The van der Waals surface area contributed by atoms with E-state index in [1.807, 2.05) is 0 Å². The highest BCUT2D eigenvalue weighted by atomic mass is 19.1. The zero-order valence-electron chi connectivity index (χ0n) is 9.93. The summed E-state index contributed by atoms with van der Waals surface area (Å²) in [6, 6.07) is 4.45. The van der Waals surface area contributed by atoms with Gasteiger partial charge in [0.25, 0.3) is 0 Å². The molecule has 1 aliphatic rings. The summed E-state index contributed by atoms with van der Waals surface area (Å²) in [5.74, 6) is -0.729. The van der Waals surface area contributed by atoms with Crippen LogP contribution in [0.4, 0.5) is 4.39 Å². The summed E-state index contributed by atoms with van der Waals surface area (Å²) in [5.41, 5.74) is 0.505. The van der Waals surface area contributed by atoms with E-state index in [1.165, 1.54) is 24.6 Å². The molecule has 1 N–H and O–H groups in total. The lowest BCUT2D eigenvalue weighted by Crippen LogP contribution is -2.19. The Morgan fingerprint density at radius 3 is 2.83 bits per heavy atom. The van der Waals surface area contributed by atoms with Gasteiger partial charge in [-0.1, -0.05) is 12.5 Å². The number of carbonyl (C=O) groups is 1. The van der Waals surface area contributed by atoms with Crippen LogP contribution in [0.2, 0.25) is 0 Å². The number of rotatable bonds is 5. The largest absolute Gasteiger partial charge is 0.490 e. The Bertz CT molecular complexity index is 464. The molecule has 0 aromatic heterocycles. The van der Waals surface area contributed by atoms with E-state index in [9.17, 15) is 9.18 Å². The molecule has 0 unspecified atom stereocenters. The second-order valence-corrected chi connectivity index (χ2v) is 4.47. The highest BCUT2D eigenvalue weighted by Gasteiger charge is 2.18. The number of aliphatic carboxylic acids is 1. The number of hydrogen-bond acceptors (Lipinski definition) is 2. The minimum Gasteiger partial charge on any atom is -0.490 e. The molecule has 0 amide bonds. The third kappa shape index (κ3) is 3.32. The van der Waals surface area contributed by atoms with Crippen LogP contribution < -0.4 is 4.74 Å². The molecule has 1 aliphatic carbocycles. The molecule has 0 radical (unpaired) electrons. The maximum atomic E-state index is 13.6. The Kier molecular flexibility index (Phi) is 3.97. The van der Waals surface area contributed by atoms with Gasteiger partial charge in [0.05, 0.1) is 6.61 Å². The zero-order valence-corrected chi connectivity index (χ0v) is 9.93. The van der Waals surface area contributed by atoms with E-state index in [0.29, 0.717) is 18.1 Å². The molecule has 1 aromatic rings. The van der Waals surface area contributed by atoms with E-state index in [-0.39, 0.29) is 5.75 Å². The summed E-state index contributed by atoms with van der Waals surface area (Å²) < 4.78 is 19.0. The number of ether oxygens (including phenoxy) is 1. The fraction of sp³-hybridized carbons (Fsp3) is 0.357. The predicted molar refractivity (Wildman–Crippen MR) is 65.9 cm³/mol. The Labute approximate surface area is 105 Å². The summed E-state index contributed by atoms with van der Waals surface area (Å²) >= 11 is 0. The number of benzene rings is 1. The van der Waals surface area contributed by atoms with Gasteiger partial charge in [-0.25, -0.2) is 9.18 Å². The minimum absolute atomic E-state index is 0.231. The average molecular weight is 250 g/mol. The molecule has 0 aliphatic heterocycles. The third-order valence-electron chi connectivity index (χ3n) is 3.07. The van der Waals surface area contributed by atoms with Crippen LogP contribution in [0.15, 0.2) is 24.3 Å². The van der Waals surface area contributed by atoms with Gasteiger partial charge in [-0.2, -0.15) is 0 Å².